The first-order chi connectivity index (χ1) is 8.66. The molecule has 2 fully saturated rings. The van der Waals surface area contributed by atoms with Crippen molar-refractivity contribution in [3.05, 3.63) is 35.4 Å². The van der Waals surface area contributed by atoms with E-state index in [9.17, 15) is 14.7 Å². The zero-order valence-corrected chi connectivity index (χ0v) is 9.93. The van der Waals surface area contributed by atoms with Crippen molar-refractivity contribution in [2.75, 3.05) is 0 Å². The van der Waals surface area contributed by atoms with Gasteiger partial charge in [-0.15, -0.1) is 0 Å². The molecule has 3 rings (SSSR count). The quantitative estimate of drug-likeness (QED) is 0.850. The summed E-state index contributed by atoms with van der Waals surface area (Å²) in [6, 6.07) is 7.15. The van der Waals surface area contributed by atoms with Gasteiger partial charge in [0.15, 0.2) is 0 Å². The van der Waals surface area contributed by atoms with Crippen LogP contribution in [0.15, 0.2) is 24.3 Å². The molecule has 0 aromatic heterocycles. The van der Waals surface area contributed by atoms with Crippen LogP contribution in [0.4, 0.5) is 0 Å². The molecule has 2 N–H and O–H groups in total. The predicted octanol–water partition coefficient (Wildman–Crippen LogP) is 1.62. The molecule has 0 spiro atoms. The van der Waals surface area contributed by atoms with Crippen LogP contribution in [0.2, 0.25) is 0 Å². The Kier molecular flexibility index (Phi) is 2.58. The second-order valence-corrected chi connectivity index (χ2v) is 5.10. The summed E-state index contributed by atoms with van der Waals surface area (Å²) in [5, 5.41) is 11.7. The highest BCUT2D eigenvalue weighted by atomic mass is 16.4. The molecule has 0 bridgehead atoms. The minimum atomic E-state index is -0.948. The van der Waals surface area contributed by atoms with Crippen LogP contribution >= 0.6 is 0 Å². The molecular formula is C14H15NO3. The molecule has 1 aromatic rings. The Balaban J connectivity index is 1.98. The molecule has 1 saturated heterocycles. The van der Waals surface area contributed by atoms with Crippen LogP contribution in [0.1, 0.15) is 42.2 Å². The van der Waals surface area contributed by atoms with Gasteiger partial charge in [0.05, 0.1) is 0 Å². The van der Waals surface area contributed by atoms with Crippen molar-refractivity contribution in [2.45, 2.75) is 37.1 Å². The van der Waals surface area contributed by atoms with Crippen molar-refractivity contribution in [3.8, 4) is 0 Å². The van der Waals surface area contributed by atoms with Crippen LogP contribution in [0, 0.1) is 0 Å². The number of hydrogen-bond donors (Lipinski definition) is 2. The molecule has 1 amide bonds. The minimum Gasteiger partial charge on any atom is -0.480 e. The summed E-state index contributed by atoms with van der Waals surface area (Å²) in [6.07, 6.45) is 2.62. The second-order valence-electron chi connectivity index (χ2n) is 5.10. The molecule has 2 atom stereocenters. The van der Waals surface area contributed by atoms with Gasteiger partial charge in [0.2, 0.25) is 5.91 Å². The summed E-state index contributed by atoms with van der Waals surface area (Å²) in [6.45, 7) is 0. The Hall–Kier alpha value is -1.84. The molecule has 94 valence electrons. The van der Waals surface area contributed by atoms with Gasteiger partial charge in [-0.3, -0.25) is 4.79 Å². The lowest BCUT2D eigenvalue weighted by atomic mass is 9.87. The van der Waals surface area contributed by atoms with Crippen molar-refractivity contribution >= 4 is 11.9 Å². The zero-order chi connectivity index (χ0) is 12.7. The van der Waals surface area contributed by atoms with Gasteiger partial charge in [-0.1, -0.05) is 24.3 Å². The maximum atomic E-state index is 11.5. The van der Waals surface area contributed by atoms with Gasteiger partial charge in [-0.05, 0) is 29.9 Å². The molecule has 1 saturated carbocycles. The molecule has 2 aliphatic rings. The molecule has 1 aromatic carbocycles. The van der Waals surface area contributed by atoms with Gasteiger partial charge in [0.25, 0.3) is 0 Å². The SMILES string of the molecule is O=C1CC(c2ccccc2C2CC2)C(C(=O)O)N1. The largest absolute Gasteiger partial charge is 0.480 e. The Morgan fingerprint density at radius 1 is 1.22 bits per heavy atom. The molecular weight excluding hydrogens is 230 g/mol. The number of aliphatic carboxylic acids is 1. The molecule has 2 unspecified atom stereocenters. The number of carbonyl (C=O) groups is 2. The van der Waals surface area contributed by atoms with Crippen LogP contribution in [-0.2, 0) is 9.59 Å². The van der Waals surface area contributed by atoms with E-state index in [-0.39, 0.29) is 18.2 Å². The van der Waals surface area contributed by atoms with E-state index in [0.717, 1.165) is 5.56 Å². The Morgan fingerprint density at radius 2 is 1.89 bits per heavy atom. The molecule has 1 aliphatic carbocycles. The van der Waals surface area contributed by atoms with E-state index in [4.69, 9.17) is 0 Å². The van der Waals surface area contributed by atoms with Crippen LogP contribution in [0.5, 0.6) is 0 Å². The third-order valence-electron chi connectivity index (χ3n) is 3.80. The third kappa shape index (κ3) is 1.88. The predicted molar refractivity (Wildman–Crippen MR) is 65.3 cm³/mol. The van der Waals surface area contributed by atoms with E-state index in [0.29, 0.717) is 5.92 Å². The molecule has 1 heterocycles. The van der Waals surface area contributed by atoms with E-state index < -0.39 is 12.0 Å². The molecule has 1 aliphatic heterocycles. The first kappa shape index (κ1) is 11.3. The Bertz CT molecular complexity index is 508. The first-order valence-corrected chi connectivity index (χ1v) is 6.28. The van der Waals surface area contributed by atoms with E-state index >= 15 is 0 Å². The van der Waals surface area contributed by atoms with Gasteiger partial charge in [-0.2, -0.15) is 0 Å². The highest BCUT2D eigenvalue weighted by molar-refractivity contribution is 5.89. The van der Waals surface area contributed by atoms with Crippen molar-refractivity contribution < 1.29 is 14.7 Å². The van der Waals surface area contributed by atoms with Crippen LogP contribution in [0.25, 0.3) is 0 Å². The smallest absolute Gasteiger partial charge is 0.326 e. The number of carboxylic acid groups (broad SMARTS) is 1. The number of carboxylic acids is 1. The van der Waals surface area contributed by atoms with Crippen LogP contribution < -0.4 is 5.32 Å². The summed E-state index contributed by atoms with van der Waals surface area (Å²) in [5.74, 6) is -0.785. The van der Waals surface area contributed by atoms with E-state index in [1.54, 1.807) is 0 Å². The topological polar surface area (TPSA) is 66.4 Å². The molecule has 4 nitrogen and oxygen atoms in total. The Labute approximate surface area is 105 Å². The van der Waals surface area contributed by atoms with Gasteiger partial charge < -0.3 is 10.4 Å². The van der Waals surface area contributed by atoms with Crippen molar-refractivity contribution in [3.63, 3.8) is 0 Å². The third-order valence-corrected chi connectivity index (χ3v) is 3.80. The van der Waals surface area contributed by atoms with Gasteiger partial charge in [0.1, 0.15) is 6.04 Å². The molecule has 0 radical (unpaired) electrons. The minimum absolute atomic E-state index is 0.169. The maximum Gasteiger partial charge on any atom is 0.326 e. The summed E-state index contributed by atoms with van der Waals surface area (Å²) in [5.41, 5.74) is 2.26. The number of amides is 1. The second kappa shape index (κ2) is 4.12. The molecule has 18 heavy (non-hydrogen) atoms. The Morgan fingerprint density at radius 3 is 2.50 bits per heavy atom. The van der Waals surface area contributed by atoms with E-state index in [2.05, 4.69) is 11.4 Å². The van der Waals surface area contributed by atoms with Crippen molar-refractivity contribution in [1.29, 1.82) is 0 Å². The standard InChI is InChI=1S/C14H15NO3/c16-12-7-11(13(15-12)14(17)18)10-4-2-1-3-9(10)8-5-6-8/h1-4,8,11,13H,5-7H2,(H,15,16)(H,17,18). The van der Waals surface area contributed by atoms with Gasteiger partial charge in [0, 0.05) is 12.3 Å². The summed E-state index contributed by atoms with van der Waals surface area (Å²) in [4.78, 5) is 22.7. The normalized spacial score (nSPS) is 27.0. The summed E-state index contributed by atoms with van der Waals surface area (Å²) >= 11 is 0. The lowest BCUT2D eigenvalue weighted by Crippen LogP contribution is -2.36. The van der Waals surface area contributed by atoms with Crippen LogP contribution in [0.3, 0.4) is 0 Å². The lowest BCUT2D eigenvalue weighted by molar-refractivity contribution is -0.140. The number of nitrogens with one attached hydrogen (secondary N) is 1. The maximum absolute atomic E-state index is 11.5. The number of hydrogen-bond acceptors (Lipinski definition) is 2. The number of carbonyl (C=O) groups excluding carboxylic acids is 1. The number of rotatable bonds is 3. The highest BCUT2D eigenvalue weighted by Crippen LogP contribution is 2.44. The highest BCUT2D eigenvalue weighted by Gasteiger charge is 2.40. The van der Waals surface area contributed by atoms with Crippen molar-refractivity contribution in [2.24, 2.45) is 0 Å². The average Bonchev–Trinajstić information content (AvgIpc) is 3.12. The van der Waals surface area contributed by atoms with E-state index in [1.807, 2.05) is 18.2 Å². The van der Waals surface area contributed by atoms with Crippen molar-refractivity contribution in [1.82, 2.24) is 5.32 Å². The monoisotopic (exact) mass is 245 g/mol. The first-order valence-electron chi connectivity index (χ1n) is 6.28. The zero-order valence-electron chi connectivity index (χ0n) is 9.93. The lowest BCUT2D eigenvalue weighted by Gasteiger charge is -2.18. The van der Waals surface area contributed by atoms with Gasteiger partial charge >= 0.3 is 5.97 Å². The van der Waals surface area contributed by atoms with Crippen LogP contribution in [-0.4, -0.2) is 23.0 Å². The number of benzene rings is 1. The van der Waals surface area contributed by atoms with Gasteiger partial charge in [-0.25, -0.2) is 4.79 Å². The fraction of sp³-hybridized carbons (Fsp3) is 0.429. The molecule has 4 heteroatoms. The fourth-order valence-corrected chi connectivity index (χ4v) is 2.79. The fourth-order valence-electron chi connectivity index (χ4n) is 2.79. The summed E-state index contributed by atoms with van der Waals surface area (Å²) in [7, 11) is 0. The average molecular weight is 245 g/mol. The van der Waals surface area contributed by atoms with E-state index in [1.165, 1.54) is 18.4 Å². The summed E-state index contributed by atoms with van der Waals surface area (Å²) < 4.78 is 0.